The van der Waals surface area contributed by atoms with E-state index in [1.54, 1.807) is 18.2 Å². The molecule has 110 valence electrons. The minimum absolute atomic E-state index is 0.132. The van der Waals surface area contributed by atoms with E-state index in [1.165, 1.54) is 10.9 Å². The third-order valence-electron chi connectivity index (χ3n) is 2.83. The van der Waals surface area contributed by atoms with Crippen molar-refractivity contribution in [1.82, 2.24) is 20.3 Å². The fourth-order valence-corrected chi connectivity index (χ4v) is 1.90. The van der Waals surface area contributed by atoms with Gasteiger partial charge in [-0.15, -0.1) is 5.10 Å². The minimum Gasteiger partial charge on any atom is -0.476 e. The number of halogens is 1. The van der Waals surface area contributed by atoms with E-state index >= 15 is 0 Å². The zero-order valence-electron chi connectivity index (χ0n) is 11.2. The summed E-state index contributed by atoms with van der Waals surface area (Å²) in [5.74, 6) is -1.38. The highest BCUT2D eigenvalue weighted by Crippen LogP contribution is 2.15. The number of carbonyl (C=O) groups is 2. The SMILES string of the molecule is Cc1ccc(Cl)cc1C(=O)NCCn1cc(C(=O)O)nn1. The number of carbonyl (C=O) groups excluding carboxylic acids is 1. The van der Waals surface area contributed by atoms with E-state index in [0.29, 0.717) is 23.7 Å². The summed E-state index contributed by atoms with van der Waals surface area (Å²) in [6.07, 6.45) is 1.30. The molecule has 2 N–H and O–H groups in total. The molecule has 0 spiro atoms. The summed E-state index contributed by atoms with van der Waals surface area (Å²) in [4.78, 5) is 22.7. The van der Waals surface area contributed by atoms with E-state index in [4.69, 9.17) is 16.7 Å². The van der Waals surface area contributed by atoms with E-state index in [-0.39, 0.29) is 11.6 Å². The van der Waals surface area contributed by atoms with E-state index in [9.17, 15) is 9.59 Å². The zero-order chi connectivity index (χ0) is 15.4. The van der Waals surface area contributed by atoms with Crippen molar-refractivity contribution in [2.45, 2.75) is 13.5 Å². The van der Waals surface area contributed by atoms with Crippen LogP contribution in [0.2, 0.25) is 5.02 Å². The van der Waals surface area contributed by atoms with E-state index < -0.39 is 5.97 Å². The average Bonchev–Trinajstić information content (AvgIpc) is 2.90. The van der Waals surface area contributed by atoms with Crippen molar-refractivity contribution >= 4 is 23.5 Å². The van der Waals surface area contributed by atoms with Crippen molar-refractivity contribution in [3.8, 4) is 0 Å². The number of amides is 1. The topological polar surface area (TPSA) is 97.1 Å². The molecule has 7 nitrogen and oxygen atoms in total. The van der Waals surface area contributed by atoms with Crippen molar-refractivity contribution in [3.63, 3.8) is 0 Å². The number of benzene rings is 1. The lowest BCUT2D eigenvalue weighted by Gasteiger charge is -2.08. The zero-order valence-corrected chi connectivity index (χ0v) is 12.0. The lowest BCUT2D eigenvalue weighted by molar-refractivity contribution is 0.0690. The van der Waals surface area contributed by atoms with Gasteiger partial charge in [0.1, 0.15) is 0 Å². The summed E-state index contributed by atoms with van der Waals surface area (Å²) in [6, 6.07) is 5.09. The number of aromatic carboxylic acids is 1. The van der Waals surface area contributed by atoms with Gasteiger partial charge in [0.2, 0.25) is 0 Å². The second kappa shape index (κ2) is 6.36. The Morgan fingerprint density at radius 2 is 2.19 bits per heavy atom. The fourth-order valence-electron chi connectivity index (χ4n) is 1.72. The van der Waals surface area contributed by atoms with Crippen molar-refractivity contribution in [2.24, 2.45) is 0 Å². The molecule has 0 aliphatic rings. The lowest BCUT2D eigenvalue weighted by Crippen LogP contribution is -2.28. The molecule has 0 aliphatic heterocycles. The van der Waals surface area contributed by atoms with Crippen molar-refractivity contribution in [3.05, 3.63) is 46.2 Å². The predicted octanol–water partition coefficient (Wildman–Crippen LogP) is 1.37. The maximum absolute atomic E-state index is 12.0. The number of hydrogen-bond donors (Lipinski definition) is 2. The normalized spacial score (nSPS) is 10.4. The van der Waals surface area contributed by atoms with Gasteiger partial charge in [-0.05, 0) is 24.6 Å². The van der Waals surface area contributed by atoms with Gasteiger partial charge in [0.25, 0.3) is 5.91 Å². The van der Waals surface area contributed by atoms with Gasteiger partial charge in [-0.3, -0.25) is 4.79 Å². The predicted molar refractivity (Wildman–Crippen MR) is 75.5 cm³/mol. The molecular formula is C13H13ClN4O3. The van der Waals surface area contributed by atoms with Crippen LogP contribution >= 0.6 is 11.6 Å². The molecule has 0 fully saturated rings. The molecule has 21 heavy (non-hydrogen) atoms. The number of hydrogen-bond acceptors (Lipinski definition) is 4. The molecule has 0 unspecified atom stereocenters. The largest absolute Gasteiger partial charge is 0.476 e. The summed E-state index contributed by atoms with van der Waals surface area (Å²) >= 11 is 5.87. The first kappa shape index (κ1) is 15.0. The van der Waals surface area contributed by atoms with Gasteiger partial charge in [0.15, 0.2) is 5.69 Å². The highest BCUT2D eigenvalue weighted by Gasteiger charge is 2.10. The van der Waals surface area contributed by atoms with Crippen LogP contribution in [0.3, 0.4) is 0 Å². The highest BCUT2D eigenvalue weighted by atomic mass is 35.5. The van der Waals surface area contributed by atoms with Crippen LogP contribution in [0.25, 0.3) is 0 Å². The number of carboxylic acids is 1. The summed E-state index contributed by atoms with van der Waals surface area (Å²) < 4.78 is 1.36. The number of aromatic nitrogens is 3. The molecular weight excluding hydrogens is 296 g/mol. The van der Waals surface area contributed by atoms with Crippen molar-refractivity contribution in [1.29, 1.82) is 0 Å². The number of aryl methyl sites for hydroxylation is 1. The Balaban J connectivity index is 1.92. The van der Waals surface area contributed by atoms with Gasteiger partial charge in [-0.1, -0.05) is 22.9 Å². The molecule has 2 rings (SSSR count). The minimum atomic E-state index is -1.14. The van der Waals surface area contributed by atoms with Crippen LogP contribution in [0.15, 0.2) is 24.4 Å². The van der Waals surface area contributed by atoms with Crippen molar-refractivity contribution in [2.75, 3.05) is 6.54 Å². The summed E-state index contributed by atoms with van der Waals surface area (Å²) in [5.41, 5.74) is 1.20. The van der Waals surface area contributed by atoms with Crippen LogP contribution in [-0.4, -0.2) is 38.5 Å². The van der Waals surface area contributed by atoms with E-state index in [2.05, 4.69) is 15.6 Å². The lowest BCUT2D eigenvalue weighted by atomic mass is 10.1. The third-order valence-corrected chi connectivity index (χ3v) is 3.06. The third kappa shape index (κ3) is 3.79. The molecule has 0 atom stereocenters. The molecule has 0 saturated heterocycles. The van der Waals surface area contributed by atoms with Crippen LogP contribution in [0.4, 0.5) is 0 Å². The average molecular weight is 309 g/mol. The number of nitrogens with zero attached hydrogens (tertiary/aromatic N) is 3. The van der Waals surface area contributed by atoms with Crippen LogP contribution in [0.5, 0.6) is 0 Å². The summed E-state index contributed by atoms with van der Waals surface area (Å²) in [6.45, 7) is 2.45. The van der Waals surface area contributed by atoms with Gasteiger partial charge in [0, 0.05) is 17.1 Å². The van der Waals surface area contributed by atoms with Crippen LogP contribution < -0.4 is 5.32 Å². The van der Waals surface area contributed by atoms with Gasteiger partial charge < -0.3 is 10.4 Å². The second-order valence-corrected chi connectivity index (χ2v) is 4.82. The molecule has 1 amide bonds. The Kier molecular flexibility index (Phi) is 4.54. The first-order chi connectivity index (χ1) is 9.97. The van der Waals surface area contributed by atoms with Gasteiger partial charge >= 0.3 is 5.97 Å². The maximum atomic E-state index is 12.0. The smallest absolute Gasteiger partial charge is 0.358 e. The van der Waals surface area contributed by atoms with Gasteiger partial charge in [-0.2, -0.15) is 0 Å². The molecule has 0 radical (unpaired) electrons. The summed E-state index contributed by atoms with van der Waals surface area (Å²) in [7, 11) is 0. The molecule has 1 heterocycles. The van der Waals surface area contributed by atoms with Crippen LogP contribution in [-0.2, 0) is 6.54 Å². The fraction of sp³-hybridized carbons (Fsp3) is 0.231. The Morgan fingerprint density at radius 3 is 2.86 bits per heavy atom. The Labute approximate surface area is 125 Å². The molecule has 2 aromatic rings. The van der Waals surface area contributed by atoms with Crippen LogP contribution in [0.1, 0.15) is 26.4 Å². The quantitative estimate of drug-likeness (QED) is 0.869. The molecule has 1 aromatic carbocycles. The van der Waals surface area contributed by atoms with Gasteiger partial charge in [0.05, 0.1) is 12.7 Å². The molecule has 0 aliphatic carbocycles. The molecule has 8 heteroatoms. The van der Waals surface area contributed by atoms with Crippen LogP contribution in [0, 0.1) is 6.92 Å². The molecule has 1 aromatic heterocycles. The number of nitrogens with one attached hydrogen (secondary N) is 1. The number of rotatable bonds is 5. The Bertz CT molecular complexity index is 684. The number of carboxylic acid groups (broad SMARTS) is 1. The molecule has 0 saturated carbocycles. The second-order valence-electron chi connectivity index (χ2n) is 4.39. The highest BCUT2D eigenvalue weighted by molar-refractivity contribution is 6.31. The monoisotopic (exact) mass is 308 g/mol. The van der Waals surface area contributed by atoms with E-state index in [1.807, 2.05) is 6.92 Å². The Morgan fingerprint density at radius 1 is 1.43 bits per heavy atom. The maximum Gasteiger partial charge on any atom is 0.358 e. The summed E-state index contributed by atoms with van der Waals surface area (Å²) in [5, 5.41) is 19.1. The van der Waals surface area contributed by atoms with E-state index in [0.717, 1.165) is 5.56 Å². The first-order valence-electron chi connectivity index (χ1n) is 6.15. The Hall–Kier alpha value is -2.41. The standard InChI is InChI=1S/C13H13ClN4O3/c1-8-2-3-9(14)6-10(8)12(19)15-4-5-18-7-11(13(20)21)16-17-18/h2-3,6-7H,4-5H2,1H3,(H,15,19)(H,20,21). The first-order valence-corrected chi connectivity index (χ1v) is 6.53. The van der Waals surface area contributed by atoms with Gasteiger partial charge in [-0.25, -0.2) is 9.48 Å². The van der Waals surface area contributed by atoms with Crippen molar-refractivity contribution < 1.29 is 14.7 Å². The molecule has 0 bridgehead atoms.